The van der Waals surface area contributed by atoms with Crippen molar-refractivity contribution < 1.29 is 28.7 Å². The minimum atomic E-state index is -0.489. The van der Waals surface area contributed by atoms with Crippen LogP contribution in [-0.2, 0) is 36.8 Å². The molecule has 0 aliphatic carbocycles. The zero-order valence-corrected chi connectivity index (χ0v) is 21.3. The fourth-order valence-electron chi connectivity index (χ4n) is 4.32. The molecule has 0 radical (unpaired) electrons. The van der Waals surface area contributed by atoms with E-state index < -0.39 is 11.1 Å². The average Bonchev–Trinajstić information content (AvgIpc) is 3.36. The van der Waals surface area contributed by atoms with Crippen molar-refractivity contribution in [3.63, 3.8) is 0 Å². The Bertz CT molecular complexity index is 1200. The normalized spacial score (nSPS) is 17.4. The maximum absolute atomic E-state index is 13.1. The van der Waals surface area contributed by atoms with Gasteiger partial charge in [-0.25, -0.2) is 0 Å². The van der Waals surface area contributed by atoms with Crippen LogP contribution in [0.15, 0.2) is 29.3 Å². The van der Waals surface area contributed by atoms with Gasteiger partial charge in [-0.1, -0.05) is 25.1 Å². The first-order valence-electron chi connectivity index (χ1n) is 11.9. The van der Waals surface area contributed by atoms with E-state index in [1.807, 2.05) is 35.9 Å². The number of nitrogens with one attached hydrogen (secondary N) is 1. The zero-order chi connectivity index (χ0) is 25.7. The molecular weight excluding hydrogens is 484 g/mol. The minimum Gasteiger partial charge on any atom is -0.383 e. The lowest BCUT2D eigenvalue weighted by Gasteiger charge is -2.28. The molecule has 36 heavy (non-hydrogen) atoms. The number of carbonyl (C=O) groups excluding carboxylic acids is 4. The lowest BCUT2D eigenvalue weighted by Crippen LogP contribution is -2.46. The number of imide groups is 1. The number of aromatic nitrogens is 1. The number of benzene rings is 1. The first kappa shape index (κ1) is 25.9. The predicted molar refractivity (Wildman–Crippen MR) is 136 cm³/mol. The van der Waals surface area contributed by atoms with Crippen LogP contribution < -0.4 is 5.32 Å². The molecule has 0 atom stereocenters. The first-order valence-corrected chi connectivity index (χ1v) is 12.7. The Hall–Kier alpha value is -3.15. The summed E-state index contributed by atoms with van der Waals surface area (Å²) in [5.74, 6) is -0.912. The molecule has 3 heterocycles. The molecule has 4 amide bonds. The topological polar surface area (TPSA) is 110 Å². The Labute approximate surface area is 213 Å². The van der Waals surface area contributed by atoms with Crippen LogP contribution in [0.4, 0.5) is 4.79 Å². The molecule has 1 N–H and O–H groups in total. The van der Waals surface area contributed by atoms with Crippen LogP contribution in [0.1, 0.15) is 18.1 Å². The lowest BCUT2D eigenvalue weighted by molar-refractivity contribution is -0.139. The third-order valence-electron chi connectivity index (χ3n) is 6.15. The Morgan fingerprint density at radius 1 is 1.19 bits per heavy atom. The van der Waals surface area contributed by atoms with E-state index in [0.29, 0.717) is 39.5 Å². The minimum absolute atomic E-state index is 0.112. The molecule has 0 bridgehead atoms. The highest BCUT2D eigenvalue weighted by atomic mass is 32.2. The fraction of sp³-hybridized carbons (Fsp3) is 0.440. The second-order valence-corrected chi connectivity index (χ2v) is 9.48. The van der Waals surface area contributed by atoms with Gasteiger partial charge >= 0.3 is 0 Å². The van der Waals surface area contributed by atoms with Crippen molar-refractivity contribution in [1.82, 2.24) is 19.7 Å². The van der Waals surface area contributed by atoms with Gasteiger partial charge in [0, 0.05) is 43.9 Å². The summed E-state index contributed by atoms with van der Waals surface area (Å²) >= 11 is 0.821. The quantitative estimate of drug-likeness (QED) is 0.402. The number of thioether (sulfide) groups is 1. The summed E-state index contributed by atoms with van der Waals surface area (Å²) in [4.78, 5) is 53.6. The molecule has 0 unspecified atom stereocenters. The van der Waals surface area contributed by atoms with E-state index in [9.17, 15) is 19.2 Å². The summed E-state index contributed by atoms with van der Waals surface area (Å²) in [6, 6.07) is 5.89. The van der Waals surface area contributed by atoms with Crippen LogP contribution in [0.25, 0.3) is 17.0 Å². The van der Waals surface area contributed by atoms with E-state index in [1.54, 1.807) is 18.1 Å². The Kier molecular flexibility index (Phi) is 8.44. The van der Waals surface area contributed by atoms with E-state index in [2.05, 4.69) is 5.32 Å². The van der Waals surface area contributed by atoms with Crippen LogP contribution in [0.3, 0.4) is 0 Å². The highest BCUT2D eigenvalue weighted by Gasteiger charge is 2.37. The van der Waals surface area contributed by atoms with E-state index in [-0.39, 0.29) is 29.8 Å². The van der Waals surface area contributed by atoms with Crippen LogP contribution >= 0.6 is 11.8 Å². The number of ether oxygens (including phenoxy) is 2. The molecule has 0 spiro atoms. The summed E-state index contributed by atoms with van der Waals surface area (Å²) in [5, 5.41) is 3.24. The van der Waals surface area contributed by atoms with Crippen molar-refractivity contribution in [1.29, 1.82) is 0 Å². The number of methoxy groups -OCH3 is 1. The van der Waals surface area contributed by atoms with Crippen LogP contribution in [0.5, 0.6) is 0 Å². The second kappa shape index (κ2) is 11.7. The van der Waals surface area contributed by atoms with Crippen LogP contribution in [0.2, 0.25) is 0 Å². The van der Waals surface area contributed by atoms with Crippen molar-refractivity contribution in [2.24, 2.45) is 0 Å². The van der Waals surface area contributed by atoms with E-state index in [4.69, 9.17) is 9.47 Å². The van der Waals surface area contributed by atoms with Gasteiger partial charge in [0.1, 0.15) is 13.1 Å². The molecule has 10 nitrogen and oxygen atoms in total. The molecule has 2 aliphatic heterocycles. The van der Waals surface area contributed by atoms with Gasteiger partial charge < -0.3 is 24.3 Å². The number of para-hydroxylation sites is 1. The van der Waals surface area contributed by atoms with Gasteiger partial charge in [-0.15, -0.1) is 0 Å². The van der Waals surface area contributed by atoms with Crippen molar-refractivity contribution in [2.45, 2.75) is 19.9 Å². The van der Waals surface area contributed by atoms with Crippen molar-refractivity contribution >= 4 is 51.7 Å². The largest absolute Gasteiger partial charge is 0.383 e. The number of carbonyl (C=O) groups is 4. The van der Waals surface area contributed by atoms with Crippen LogP contribution in [0, 0.1) is 0 Å². The number of aryl methyl sites for hydroxylation is 1. The van der Waals surface area contributed by atoms with Crippen LogP contribution in [-0.4, -0.2) is 90.4 Å². The van der Waals surface area contributed by atoms with Gasteiger partial charge in [-0.05, 0) is 29.8 Å². The smallest absolute Gasteiger partial charge is 0.294 e. The second-order valence-electron chi connectivity index (χ2n) is 8.48. The molecule has 0 saturated carbocycles. The summed E-state index contributed by atoms with van der Waals surface area (Å²) in [5.41, 5.74) is 2.71. The van der Waals surface area contributed by atoms with Gasteiger partial charge in [-0.3, -0.25) is 24.1 Å². The van der Waals surface area contributed by atoms with Crippen molar-refractivity contribution in [3.05, 3.63) is 40.4 Å². The Morgan fingerprint density at radius 2 is 1.97 bits per heavy atom. The first-order chi connectivity index (χ1) is 17.4. The number of amides is 4. The zero-order valence-electron chi connectivity index (χ0n) is 20.5. The fourth-order valence-corrected chi connectivity index (χ4v) is 5.15. The van der Waals surface area contributed by atoms with Gasteiger partial charge in [0.15, 0.2) is 0 Å². The van der Waals surface area contributed by atoms with Gasteiger partial charge in [0.2, 0.25) is 11.8 Å². The monoisotopic (exact) mass is 514 g/mol. The van der Waals surface area contributed by atoms with E-state index in [0.717, 1.165) is 45.1 Å². The van der Waals surface area contributed by atoms with Gasteiger partial charge in [-0.2, -0.15) is 0 Å². The Balaban J connectivity index is 1.58. The van der Waals surface area contributed by atoms with Crippen molar-refractivity contribution in [2.75, 3.05) is 53.1 Å². The number of rotatable bonds is 9. The third-order valence-corrected chi connectivity index (χ3v) is 7.06. The molecule has 2 aromatic rings. The van der Waals surface area contributed by atoms with Crippen molar-refractivity contribution in [3.8, 4) is 0 Å². The summed E-state index contributed by atoms with van der Waals surface area (Å²) in [6.07, 6.45) is 4.27. The van der Waals surface area contributed by atoms with E-state index in [1.165, 1.54) is 0 Å². The SMILES string of the molecule is CCc1cccc2c(/C=C3\SC(=O)N(CC(=O)N4CCOCC4)C3=O)cn(CC(=O)NCCOC)c12. The number of fused-ring (bicyclic) bond motifs is 1. The molecule has 1 aromatic carbocycles. The summed E-state index contributed by atoms with van der Waals surface area (Å²) in [7, 11) is 1.58. The number of morpholine rings is 1. The molecular formula is C25H30N4O6S. The molecule has 192 valence electrons. The van der Waals surface area contributed by atoms with Gasteiger partial charge in [0.25, 0.3) is 11.1 Å². The molecule has 2 saturated heterocycles. The summed E-state index contributed by atoms with van der Waals surface area (Å²) < 4.78 is 12.1. The maximum atomic E-state index is 13.1. The molecule has 1 aromatic heterocycles. The number of hydrogen-bond donors (Lipinski definition) is 1. The molecule has 11 heteroatoms. The number of nitrogens with zero attached hydrogens (tertiary/aromatic N) is 3. The number of hydrogen-bond acceptors (Lipinski definition) is 7. The highest BCUT2D eigenvalue weighted by molar-refractivity contribution is 8.18. The Morgan fingerprint density at radius 3 is 2.69 bits per heavy atom. The van der Waals surface area contributed by atoms with Gasteiger partial charge in [0.05, 0.1) is 30.2 Å². The predicted octanol–water partition coefficient (Wildman–Crippen LogP) is 1.86. The molecule has 2 fully saturated rings. The molecule has 4 rings (SSSR count). The standard InChI is InChI=1S/C25H30N4O6S/c1-3-17-5-4-6-19-18(14-28(23(17)19)15-21(30)26-7-10-34-2)13-20-24(32)29(25(33)36-20)16-22(31)27-8-11-35-12-9-27/h4-6,13-14H,3,7-12,15-16H2,1-2H3,(H,26,30)/b20-13-. The van der Waals surface area contributed by atoms with E-state index >= 15 is 0 Å². The molecule has 2 aliphatic rings. The maximum Gasteiger partial charge on any atom is 0.294 e. The highest BCUT2D eigenvalue weighted by Crippen LogP contribution is 2.35. The third kappa shape index (κ3) is 5.63. The lowest BCUT2D eigenvalue weighted by atomic mass is 10.1. The summed E-state index contributed by atoms with van der Waals surface area (Å²) in [6.45, 7) is 4.50. The average molecular weight is 515 g/mol.